The fraction of sp³-hybridized carbons (Fsp3) is 0.250. The standard InChI is InChI=1S/C8H9BrFNO4S2/c1-16(12,13)11(17(2,14)15)6-3-4-7(9)8(10)5-6/h3-5H,1-2H3. The zero-order chi connectivity index (χ0) is 13.4. The van der Waals surface area contributed by atoms with Crippen molar-refractivity contribution in [3.05, 3.63) is 28.5 Å². The van der Waals surface area contributed by atoms with Gasteiger partial charge in [0.05, 0.1) is 22.7 Å². The number of nitrogens with zero attached hydrogens (tertiary/aromatic N) is 1. The molecule has 9 heteroatoms. The highest BCUT2D eigenvalue weighted by molar-refractivity contribution is 9.10. The molecule has 0 aromatic heterocycles. The van der Waals surface area contributed by atoms with Gasteiger partial charge in [-0.15, -0.1) is 0 Å². The van der Waals surface area contributed by atoms with Gasteiger partial charge in [0, 0.05) is 6.07 Å². The molecule has 96 valence electrons. The molecule has 0 bridgehead atoms. The molecule has 1 rings (SSSR count). The largest absolute Gasteiger partial charge is 0.245 e. The lowest BCUT2D eigenvalue weighted by molar-refractivity contribution is 0.590. The summed E-state index contributed by atoms with van der Waals surface area (Å²) in [7, 11) is -8.08. The normalized spacial score (nSPS) is 12.5. The number of sulfonamides is 2. The Labute approximate surface area is 107 Å². The van der Waals surface area contributed by atoms with E-state index in [1.165, 1.54) is 12.1 Å². The lowest BCUT2D eigenvalue weighted by Gasteiger charge is -2.19. The fourth-order valence-corrected chi connectivity index (χ4v) is 4.43. The first-order valence-electron chi connectivity index (χ1n) is 4.19. The van der Waals surface area contributed by atoms with E-state index in [2.05, 4.69) is 15.9 Å². The van der Waals surface area contributed by atoms with Crippen molar-refractivity contribution in [1.29, 1.82) is 0 Å². The van der Waals surface area contributed by atoms with Gasteiger partial charge in [0.25, 0.3) is 0 Å². The maximum absolute atomic E-state index is 13.3. The van der Waals surface area contributed by atoms with Gasteiger partial charge in [0.2, 0.25) is 20.0 Å². The number of halogens is 2. The van der Waals surface area contributed by atoms with Gasteiger partial charge in [-0.25, -0.2) is 21.2 Å². The van der Waals surface area contributed by atoms with Crippen LogP contribution < -0.4 is 3.71 Å². The monoisotopic (exact) mass is 345 g/mol. The number of rotatable bonds is 3. The highest BCUT2D eigenvalue weighted by atomic mass is 79.9. The molecule has 0 radical (unpaired) electrons. The Hall–Kier alpha value is -0.670. The van der Waals surface area contributed by atoms with Crippen LogP contribution in [0.1, 0.15) is 0 Å². The van der Waals surface area contributed by atoms with Gasteiger partial charge in [-0.2, -0.15) is 3.71 Å². The Balaban J connectivity index is 3.50. The highest BCUT2D eigenvalue weighted by Gasteiger charge is 2.27. The van der Waals surface area contributed by atoms with E-state index in [-0.39, 0.29) is 13.9 Å². The SMILES string of the molecule is CS(=O)(=O)N(c1ccc(Br)c(F)c1)S(C)(=O)=O. The highest BCUT2D eigenvalue weighted by Crippen LogP contribution is 2.25. The first kappa shape index (κ1) is 14.4. The average molecular weight is 346 g/mol. The molecular formula is C8H9BrFNO4S2. The number of hydrogen-bond donors (Lipinski definition) is 0. The Morgan fingerprint density at radius 1 is 1.12 bits per heavy atom. The molecule has 1 aromatic rings. The van der Waals surface area contributed by atoms with Crippen molar-refractivity contribution in [1.82, 2.24) is 0 Å². The lowest BCUT2D eigenvalue weighted by Crippen LogP contribution is -2.35. The van der Waals surface area contributed by atoms with E-state index in [1.807, 2.05) is 0 Å². The molecule has 0 aliphatic rings. The summed E-state index contributed by atoms with van der Waals surface area (Å²) < 4.78 is 59.1. The summed E-state index contributed by atoms with van der Waals surface area (Å²) in [6, 6.07) is 3.25. The minimum absolute atomic E-state index is 0.114. The Kier molecular flexibility index (Phi) is 3.84. The molecule has 0 fully saturated rings. The molecule has 0 amide bonds. The van der Waals surface area contributed by atoms with Crippen LogP contribution in [0.2, 0.25) is 0 Å². The van der Waals surface area contributed by atoms with Crippen LogP contribution in [-0.4, -0.2) is 29.3 Å². The van der Waals surface area contributed by atoms with Gasteiger partial charge < -0.3 is 0 Å². The third-order valence-corrected chi connectivity index (χ3v) is 5.61. The predicted octanol–water partition coefficient (Wildman–Crippen LogP) is 1.31. The summed E-state index contributed by atoms with van der Waals surface area (Å²) in [6.45, 7) is 0. The summed E-state index contributed by atoms with van der Waals surface area (Å²) in [5.41, 5.74) is -0.268. The Morgan fingerprint density at radius 3 is 1.94 bits per heavy atom. The molecule has 0 atom stereocenters. The summed E-state index contributed by atoms with van der Waals surface area (Å²) >= 11 is 2.89. The molecule has 1 aromatic carbocycles. The van der Waals surface area contributed by atoms with Gasteiger partial charge in [-0.3, -0.25) is 0 Å². The van der Waals surface area contributed by atoms with Gasteiger partial charge in [0.1, 0.15) is 5.82 Å². The van der Waals surface area contributed by atoms with E-state index in [0.29, 0.717) is 0 Å². The van der Waals surface area contributed by atoms with Crippen LogP contribution in [0.4, 0.5) is 10.1 Å². The second kappa shape index (κ2) is 4.54. The zero-order valence-corrected chi connectivity index (χ0v) is 12.1. The van der Waals surface area contributed by atoms with E-state index in [9.17, 15) is 21.2 Å². The van der Waals surface area contributed by atoms with Gasteiger partial charge in [0.15, 0.2) is 0 Å². The minimum Gasteiger partial charge on any atom is -0.206 e. The van der Waals surface area contributed by atoms with E-state index in [0.717, 1.165) is 18.6 Å². The van der Waals surface area contributed by atoms with Crippen molar-refractivity contribution < 1.29 is 21.2 Å². The van der Waals surface area contributed by atoms with Gasteiger partial charge >= 0.3 is 0 Å². The molecule has 0 aliphatic carbocycles. The maximum Gasteiger partial charge on any atom is 0.245 e. The van der Waals surface area contributed by atoms with E-state index in [1.54, 1.807) is 0 Å². The minimum atomic E-state index is -4.04. The van der Waals surface area contributed by atoms with Crippen LogP contribution in [0.15, 0.2) is 22.7 Å². The third-order valence-electron chi connectivity index (χ3n) is 1.72. The second-order valence-corrected chi connectivity index (χ2v) is 8.07. The van der Waals surface area contributed by atoms with Crippen LogP contribution >= 0.6 is 15.9 Å². The molecule has 0 saturated heterocycles. The third kappa shape index (κ3) is 3.39. The molecule has 0 unspecified atom stereocenters. The lowest BCUT2D eigenvalue weighted by atomic mass is 10.3. The first-order chi connectivity index (χ1) is 7.53. The fourth-order valence-electron chi connectivity index (χ4n) is 1.23. The van der Waals surface area contributed by atoms with Crippen LogP contribution in [0, 0.1) is 5.82 Å². The molecule has 5 nitrogen and oxygen atoms in total. The summed E-state index contributed by atoms with van der Waals surface area (Å²) in [5.74, 6) is -0.750. The zero-order valence-electron chi connectivity index (χ0n) is 8.88. The quantitative estimate of drug-likeness (QED) is 0.828. The Bertz CT molecular complexity index is 609. The van der Waals surface area contributed by atoms with Crippen molar-refractivity contribution in [2.45, 2.75) is 0 Å². The van der Waals surface area contributed by atoms with E-state index >= 15 is 0 Å². The van der Waals surface area contributed by atoms with Gasteiger partial charge in [-0.1, -0.05) is 0 Å². The number of anilines is 1. The van der Waals surface area contributed by atoms with Crippen molar-refractivity contribution in [2.75, 3.05) is 16.2 Å². The molecule has 0 saturated carbocycles. The van der Waals surface area contributed by atoms with Crippen LogP contribution in [0.3, 0.4) is 0 Å². The molecule has 17 heavy (non-hydrogen) atoms. The van der Waals surface area contributed by atoms with Crippen LogP contribution in [0.5, 0.6) is 0 Å². The van der Waals surface area contributed by atoms with Crippen molar-refractivity contribution in [2.24, 2.45) is 0 Å². The van der Waals surface area contributed by atoms with Crippen molar-refractivity contribution in [3.63, 3.8) is 0 Å². The van der Waals surface area contributed by atoms with Crippen LogP contribution in [0.25, 0.3) is 0 Å². The predicted molar refractivity (Wildman–Crippen MR) is 66.3 cm³/mol. The maximum atomic E-state index is 13.3. The average Bonchev–Trinajstić information content (AvgIpc) is 2.06. The molecule has 0 aliphatic heterocycles. The topological polar surface area (TPSA) is 71.5 Å². The summed E-state index contributed by atoms with van der Waals surface area (Å²) in [6.07, 6.45) is 1.46. The smallest absolute Gasteiger partial charge is 0.206 e. The number of hydrogen-bond acceptors (Lipinski definition) is 4. The van der Waals surface area contributed by atoms with Crippen LogP contribution in [-0.2, 0) is 20.0 Å². The summed E-state index contributed by atoms with van der Waals surface area (Å²) in [5, 5.41) is 0. The summed E-state index contributed by atoms with van der Waals surface area (Å²) in [4.78, 5) is 0. The molecule has 0 heterocycles. The Morgan fingerprint density at radius 2 is 1.59 bits per heavy atom. The van der Waals surface area contributed by atoms with E-state index < -0.39 is 25.9 Å². The first-order valence-corrected chi connectivity index (χ1v) is 8.68. The van der Waals surface area contributed by atoms with Crippen molar-refractivity contribution in [3.8, 4) is 0 Å². The van der Waals surface area contributed by atoms with E-state index in [4.69, 9.17) is 0 Å². The van der Waals surface area contributed by atoms with Crippen molar-refractivity contribution >= 4 is 41.7 Å². The van der Waals surface area contributed by atoms with Gasteiger partial charge in [-0.05, 0) is 28.1 Å². The molecular weight excluding hydrogens is 337 g/mol. The number of benzene rings is 1. The molecule has 0 spiro atoms. The molecule has 0 N–H and O–H groups in total. The second-order valence-electron chi connectivity index (χ2n) is 3.32.